The molecule has 1 aromatic heterocycles. The molecule has 0 amide bonds. The summed E-state index contributed by atoms with van der Waals surface area (Å²) in [5.41, 5.74) is 1.91. The number of benzene rings is 2. The lowest BCUT2D eigenvalue weighted by Gasteiger charge is -2.09. The highest BCUT2D eigenvalue weighted by molar-refractivity contribution is 7.92. The molecular weight excluding hydrogens is 374 g/mol. The summed E-state index contributed by atoms with van der Waals surface area (Å²) in [6, 6.07) is 16.5. The number of ether oxygens (including phenoxy) is 1. The zero-order valence-corrected chi connectivity index (χ0v) is 15.5. The van der Waals surface area contributed by atoms with Crippen LogP contribution in [0.15, 0.2) is 65.6 Å². The van der Waals surface area contributed by atoms with Crippen molar-refractivity contribution in [1.29, 1.82) is 0 Å². The molecule has 6 nitrogen and oxygen atoms in total. The standard InChI is InChI=1S/C18H16ClN3O3S/c1-2-25-18-11-10-17(20-21-18)13-6-8-15(9-7-13)22-26(23,24)16-5-3-4-14(19)12-16/h3-12,22H,2H2,1H3. The maximum Gasteiger partial charge on any atom is 0.261 e. The maximum absolute atomic E-state index is 12.4. The second-order valence-corrected chi connectivity index (χ2v) is 7.45. The van der Waals surface area contributed by atoms with Crippen LogP contribution in [0.1, 0.15) is 6.92 Å². The molecule has 0 atom stereocenters. The molecule has 8 heteroatoms. The van der Waals surface area contributed by atoms with Crippen molar-refractivity contribution < 1.29 is 13.2 Å². The van der Waals surface area contributed by atoms with Gasteiger partial charge < -0.3 is 4.74 Å². The number of hydrogen-bond acceptors (Lipinski definition) is 5. The topological polar surface area (TPSA) is 81.2 Å². The third-order valence-electron chi connectivity index (χ3n) is 3.47. The zero-order chi connectivity index (χ0) is 18.6. The van der Waals surface area contributed by atoms with Gasteiger partial charge in [-0.3, -0.25) is 4.72 Å². The quantitative estimate of drug-likeness (QED) is 0.689. The molecule has 0 aliphatic heterocycles. The molecule has 1 N–H and O–H groups in total. The Labute approximate surface area is 156 Å². The van der Waals surface area contributed by atoms with Gasteiger partial charge in [-0.1, -0.05) is 29.8 Å². The van der Waals surface area contributed by atoms with Crippen molar-refractivity contribution in [1.82, 2.24) is 10.2 Å². The van der Waals surface area contributed by atoms with Crippen LogP contribution in [0, 0.1) is 0 Å². The zero-order valence-electron chi connectivity index (χ0n) is 13.9. The molecule has 0 aliphatic carbocycles. The van der Waals surface area contributed by atoms with Gasteiger partial charge in [-0.2, -0.15) is 0 Å². The minimum absolute atomic E-state index is 0.103. The summed E-state index contributed by atoms with van der Waals surface area (Å²) in [7, 11) is -3.70. The number of rotatable bonds is 6. The molecule has 0 bridgehead atoms. The monoisotopic (exact) mass is 389 g/mol. The minimum Gasteiger partial charge on any atom is -0.477 e. The Morgan fingerprint density at radius 2 is 1.81 bits per heavy atom. The number of anilines is 1. The van der Waals surface area contributed by atoms with Crippen molar-refractivity contribution in [2.24, 2.45) is 0 Å². The van der Waals surface area contributed by atoms with Crippen molar-refractivity contribution in [3.63, 3.8) is 0 Å². The first kappa shape index (κ1) is 18.2. The average Bonchev–Trinajstić information content (AvgIpc) is 2.63. The van der Waals surface area contributed by atoms with Crippen molar-refractivity contribution >= 4 is 27.3 Å². The molecule has 3 rings (SSSR count). The van der Waals surface area contributed by atoms with E-state index in [0.717, 1.165) is 5.56 Å². The SMILES string of the molecule is CCOc1ccc(-c2ccc(NS(=O)(=O)c3cccc(Cl)c3)cc2)nn1. The van der Waals surface area contributed by atoms with Gasteiger partial charge >= 0.3 is 0 Å². The number of hydrogen-bond donors (Lipinski definition) is 1. The van der Waals surface area contributed by atoms with Crippen LogP contribution in [0.5, 0.6) is 5.88 Å². The van der Waals surface area contributed by atoms with Gasteiger partial charge in [0.05, 0.1) is 17.2 Å². The van der Waals surface area contributed by atoms with Crippen molar-refractivity contribution in [3.8, 4) is 17.1 Å². The Morgan fingerprint density at radius 3 is 2.42 bits per heavy atom. The van der Waals surface area contributed by atoms with Crippen LogP contribution in [-0.2, 0) is 10.0 Å². The molecule has 1 heterocycles. The van der Waals surface area contributed by atoms with Crippen LogP contribution < -0.4 is 9.46 Å². The van der Waals surface area contributed by atoms with Crippen LogP contribution in [-0.4, -0.2) is 25.2 Å². The van der Waals surface area contributed by atoms with Crippen LogP contribution in [0.3, 0.4) is 0 Å². The van der Waals surface area contributed by atoms with Gasteiger partial charge in [0.15, 0.2) is 0 Å². The summed E-state index contributed by atoms with van der Waals surface area (Å²) >= 11 is 5.86. The lowest BCUT2D eigenvalue weighted by Crippen LogP contribution is -2.12. The largest absolute Gasteiger partial charge is 0.477 e. The highest BCUT2D eigenvalue weighted by atomic mass is 35.5. The second-order valence-electron chi connectivity index (χ2n) is 5.33. The van der Waals surface area contributed by atoms with Crippen LogP contribution >= 0.6 is 11.6 Å². The fourth-order valence-corrected chi connectivity index (χ4v) is 3.62. The first-order valence-electron chi connectivity index (χ1n) is 7.83. The molecule has 134 valence electrons. The molecule has 26 heavy (non-hydrogen) atoms. The van der Waals surface area contributed by atoms with E-state index in [9.17, 15) is 8.42 Å². The van der Waals surface area contributed by atoms with E-state index in [1.54, 1.807) is 48.5 Å². The van der Waals surface area contributed by atoms with E-state index in [2.05, 4.69) is 14.9 Å². The molecule has 3 aromatic rings. The summed E-state index contributed by atoms with van der Waals surface area (Å²) in [6.07, 6.45) is 0. The summed E-state index contributed by atoms with van der Waals surface area (Å²) in [4.78, 5) is 0.103. The summed E-state index contributed by atoms with van der Waals surface area (Å²) in [5.74, 6) is 0.460. The fourth-order valence-electron chi connectivity index (χ4n) is 2.26. The molecule has 0 radical (unpaired) electrons. The van der Waals surface area contributed by atoms with E-state index in [1.807, 2.05) is 6.92 Å². The van der Waals surface area contributed by atoms with E-state index >= 15 is 0 Å². The Bertz CT molecular complexity index is 991. The van der Waals surface area contributed by atoms with Crippen molar-refractivity contribution in [2.75, 3.05) is 11.3 Å². The average molecular weight is 390 g/mol. The van der Waals surface area contributed by atoms with Gasteiger partial charge in [-0.05, 0) is 43.3 Å². The van der Waals surface area contributed by atoms with Crippen molar-refractivity contribution in [2.45, 2.75) is 11.8 Å². The first-order chi connectivity index (χ1) is 12.5. The predicted molar refractivity (Wildman–Crippen MR) is 101 cm³/mol. The summed E-state index contributed by atoms with van der Waals surface area (Å²) in [6.45, 7) is 2.40. The van der Waals surface area contributed by atoms with Gasteiger partial charge in [0.2, 0.25) is 5.88 Å². The molecule has 0 saturated heterocycles. The van der Waals surface area contributed by atoms with Crippen LogP contribution in [0.2, 0.25) is 5.02 Å². The molecule has 0 spiro atoms. The molecule has 0 fully saturated rings. The Balaban J connectivity index is 1.77. The summed E-state index contributed by atoms with van der Waals surface area (Å²) < 4.78 is 32.6. The second kappa shape index (κ2) is 7.72. The number of nitrogens with one attached hydrogen (secondary N) is 1. The van der Waals surface area contributed by atoms with Gasteiger partial charge in [0.25, 0.3) is 10.0 Å². The van der Waals surface area contributed by atoms with Gasteiger partial charge in [0.1, 0.15) is 0 Å². The molecule has 0 unspecified atom stereocenters. The fraction of sp³-hybridized carbons (Fsp3) is 0.111. The molecule has 0 aliphatic rings. The van der Waals surface area contributed by atoms with E-state index in [1.165, 1.54) is 12.1 Å². The van der Waals surface area contributed by atoms with E-state index in [0.29, 0.717) is 28.9 Å². The number of aromatic nitrogens is 2. The van der Waals surface area contributed by atoms with Gasteiger partial charge in [-0.15, -0.1) is 10.2 Å². The Morgan fingerprint density at radius 1 is 1.04 bits per heavy atom. The minimum atomic E-state index is -3.70. The lowest BCUT2D eigenvalue weighted by molar-refractivity contribution is 0.323. The molecular formula is C18H16ClN3O3S. The number of nitrogens with zero attached hydrogens (tertiary/aromatic N) is 2. The number of halogens is 1. The first-order valence-corrected chi connectivity index (χ1v) is 9.69. The van der Waals surface area contributed by atoms with Gasteiger partial charge in [0, 0.05) is 22.3 Å². The third kappa shape index (κ3) is 4.30. The maximum atomic E-state index is 12.4. The van der Waals surface area contributed by atoms with Crippen LogP contribution in [0.4, 0.5) is 5.69 Å². The highest BCUT2D eigenvalue weighted by Crippen LogP contribution is 2.23. The third-order valence-corrected chi connectivity index (χ3v) is 5.09. The van der Waals surface area contributed by atoms with E-state index in [4.69, 9.17) is 16.3 Å². The highest BCUT2D eigenvalue weighted by Gasteiger charge is 2.14. The van der Waals surface area contributed by atoms with Crippen molar-refractivity contribution in [3.05, 3.63) is 65.7 Å². The lowest BCUT2D eigenvalue weighted by atomic mass is 10.1. The Hall–Kier alpha value is -2.64. The predicted octanol–water partition coefficient (Wildman–Crippen LogP) is 4.00. The van der Waals surface area contributed by atoms with E-state index < -0.39 is 10.0 Å². The van der Waals surface area contributed by atoms with Crippen LogP contribution in [0.25, 0.3) is 11.3 Å². The van der Waals surface area contributed by atoms with E-state index in [-0.39, 0.29) is 4.90 Å². The van der Waals surface area contributed by atoms with Gasteiger partial charge in [-0.25, -0.2) is 8.42 Å². The normalized spacial score (nSPS) is 11.2. The number of sulfonamides is 1. The smallest absolute Gasteiger partial charge is 0.261 e. The Kier molecular flexibility index (Phi) is 5.39. The summed E-state index contributed by atoms with van der Waals surface area (Å²) in [5, 5.41) is 8.44. The molecule has 0 saturated carbocycles. The molecule has 2 aromatic carbocycles.